The minimum absolute atomic E-state index is 0.117. The Bertz CT molecular complexity index is 607. The number of carbonyl (C=O) groups excluding carboxylic acids is 1. The van der Waals surface area contributed by atoms with Gasteiger partial charge in [0, 0.05) is 11.1 Å². The number of carbonyl (C=O) groups is 1. The highest BCUT2D eigenvalue weighted by molar-refractivity contribution is 6.35. The minimum Gasteiger partial charge on any atom is -0.289 e. The van der Waals surface area contributed by atoms with Crippen molar-refractivity contribution < 1.29 is 9.18 Å². The van der Waals surface area contributed by atoms with E-state index in [4.69, 9.17) is 11.6 Å². The maximum atomic E-state index is 13.4. The van der Waals surface area contributed by atoms with Gasteiger partial charge in [-0.3, -0.25) is 4.79 Å². The van der Waals surface area contributed by atoms with Crippen LogP contribution in [0.2, 0.25) is 5.02 Å². The summed E-state index contributed by atoms with van der Waals surface area (Å²) in [5.41, 5.74) is 1.84. The van der Waals surface area contributed by atoms with Crippen LogP contribution in [0.4, 0.5) is 4.39 Å². The van der Waals surface area contributed by atoms with Gasteiger partial charge in [-0.2, -0.15) is 0 Å². The molecule has 2 rings (SSSR count). The summed E-state index contributed by atoms with van der Waals surface area (Å²) < 4.78 is 13.4. The minimum atomic E-state index is -0.572. The lowest BCUT2D eigenvalue weighted by molar-refractivity contribution is 0.103. The molecule has 98 valence electrons. The summed E-state index contributed by atoms with van der Waals surface area (Å²) in [5.74, 6) is -0.820. The normalized spacial score (nSPS) is 10.5. The van der Waals surface area contributed by atoms with Gasteiger partial charge >= 0.3 is 0 Å². The van der Waals surface area contributed by atoms with Crippen LogP contribution in [0, 0.1) is 5.82 Å². The third-order valence-electron chi connectivity index (χ3n) is 2.92. The number of rotatable bonds is 4. The van der Waals surface area contributed by atoms with Crippen molar-refractivity contribution in [2.45, 2.75) is 19.8 Å². The Hall–Kier alpha value is -1.67. The van der Waals surface area contributed by atoms with Crippen LogP contribution >= 0.6 is 11.6 Å². The van der Waals surface area contributed by atoms with E-state index in [-0.39, 0.29) is 16.4 Å². The summed E-state index contributed by atoms with van der Waals surface area (Å²) in [6.07, 6.45) is 1.93. The Morgan fingerprint density at radius 2 is 1.95 bits per heavy atom. The number of benzene rings is 2. The quantitative estimate of drug-likeness (QED) is 0.742. The van der Waals surface area contributed by atoms with Crippen molar-refractivity contribution in [2.75, 3.05) is 0 Å². The van der Waals surface area contributed by atoms with Gasteiger partial charge in [0.05, 0.1) is 5.02 Å². The molecule has 19 heavy (non-hydrogen) atoms. The lowest BCUT2D eigenvalue weighted by atomic mass is 10.00. The van der Waals surface area contributed by atoms with E-state index in [1.165, 1.54) is 12.1 Å². The molecule has 0 aliphatic heterocycles. The fourth-order valence-electron chi connectivity index (χ4n) is 1.99. The van der Waals surface area contributed by atoms with Gasteiger partial charge in [-0.1, -0.05) is 49.2 Å². The third-order valence-corrected chi connectivity index (χ3v) is 3.31. The Morgan fingerprint density at radius 1 is 1.21 bits per heavy atom. The first-order valence-corrected chi connectivity index (χ1v) is 6.59. The Kier molecular flexibility index (Phi) is 4.33. The maximum Gasteiger partial charge on any atom is 0.194 e. The molecule has 0 fully saturated rings. The average molecular weight is 277 g/mol. The molecule has 1 nitrogen and oxygen atoms in total. The van der Waals surface area contributed by atoms with Crippen LogP contribution in [0.3, 0.4) is 0 Å². The topological polar surface area (TPSA) is 17.1 Å². The third kappa shape index (κ3) is 3.02. The largest absolute Gasteiger partial charge is 0.289 e. The zero-order chi connectivity index (χ0) is 13.8. The van der Waals surface area contributed by atoms with Gasteiger partial charge in [0.2, 0.25) is 0 Å². The van der Waals surface area contributed by atoms with E-state index in [0.717, 1.165) is 18.4 Å². The van der Waals surface area contributed by atoms with Crippen LogP contribution < -0.4 is 0 Å². The van der Waals surface area contributed by atoms with Crippen LogP contribution in [-0.2, 0) is 6.42 Å². The van der Waals surface area contributed by atoms with Crippen molar-refractivity contribution in [2.24, 2.45) is 0 Å². The number of hydrogen-bond donors (Lipinski definition) is 0. The first kappa shape index (κ1) is 13.8. The molecule has 0 aliphatic carbocycles. The molecule has 0 saturated heterocycles. The lowest BCUT2D eigenvalue weighted by Gasteiger charge is -2.06. The van der Waals surface area contributed by atoms with Gasteiger partial charge in [0.1, 0.15) is 5.82 Å². The van der Waals surface area contributed by atoms with Crippen molar-refractivity contribution >= 4 is 17.4 Å². The fourth-order valence-corrected chi connectivity index (χ4v) is 2.20. The molecule has 2 aromatic carbocycles. The molecule has 0 amide bonds. The van der Waals surface area contributed by atoms with E-state index < -0.39 is 5.82 Å². The van der Waals surface area contributed by atoms with Crippen molar-refractivity contribution in [1.29, 1.82) is 0 Å². The van der Waals surface area contributed by atoms with Crippen molar-refractivity contribution in [3.8, 4) is 0 Å². The van der Waals surface area contributed by atoms with Gasteiger partial charge in [-0.05, 0) is 30.2 Å². The van der Waals surface area contributed by atoms with Gasteiger partial charge in [-0.15, -0.1) is 0 Å². The van der Waals surface area contributed by atoms with Crippen LogP contribution in [0.5, 0.6) is 0 Å². The average Bonchev–Trinajstić information content (AvgIpc) is 2.42. The molecule has 0 bridgehead atoms. The van der Waals surface area contributed by atoms with E-state index in [1.54, 1.807) is 12.1 Å². The van der Waals surface area contributed by atoms with E-state index in [9.17, 15) is 9.18 Å². The molecule has 0 atom stereocenters. The first-order chi connectivity index (χ1) is 9.13. The molecular weight excluding hydrogens is 263 g/mol. The van der Waals surface area contributed by atoms with E-state index in [2.05, 4.69) is 6.92 Å². The molecule has 0 unspecified atom stereocenters. The molecule has 0 radical (unpaired) electrons. The van der Waals surface area contributed by atoms with Crippen LogP contribution in [0.15, 0.2) is 42.5 Å². The predicted octanol–water partition coefficient (Wildman–Crippen LogP) is 4.66. The second kappa shape index (κ2) is 5.98. The van der Waals surface area contributed by atoms with E-state index in [0.29, 0.717) is 5.56 Å². The zero-order valence-electron chi connectivity index (χ0n) is 10.6. The monoisotopic (exact) mass is 276 g/mol. The van der Waals surface area contributed by atoms with E-state index >= 15 is 0 Å². The zero-order valence-corrected chi connectivity index (χ0v) is 11.4. The van der Waals surface area contributed by atoms with Gasteiger partial charge < -0.3 is 0 Å². The van der Waals surface area contributed by atoms with Crippen LogP contribution in [-0.4, -0.2) is 5.78 Å². The molecule has 2 aromatic rings. The summed E-state index contributed by atoms with van der Waals surface area (Å²) in [6.45, 7) is 2.08. The van der Waals surface area contributed by atoms with Gasteiger partial charge in [0.15, 0.2) is 5.78 Å². The molecule has 0 spiro atoms. The van der Waals surface area contributed by atoms with Crippen molar-refractivity contribution in [3.05, 3.63) is 70.0 Å². The summed E-state index contributed by atoms with van der Waals surface area (Å²) >= 11 is 5.84. The fraction of sp³-hybridized carbons (Fsp3) is 0.188. The second-order valence-corrected chi connectivity index (χ2v) is 4.76. The number of ketones is 1. The molecule has 3 heteroatoms. The lowest BCUT2D eigenvalue weighted by Crippen LogP contribution is -2.03. The number of aryl methyl sites for hydroxylation is 1. The summed E-state index contributed by atoms with van der Waals surface area (Å²) in [4.78, 5) is 12.3. The van der Waals surface area contributed by atoms with Gasteiger partial charge in [-0.25, -0.2) is 4.39 Å². The first-order valence-electron chi connectivity index (χ1n) is 6.21. The van der Waals surface area contributed by atoms with Crippen LogP contribution in [0.1, 0.15) is 34.8 Å². The second-order valence-electron chi connectivity index (χ2n) is 4.38. The molecule has 0 saturated carbocycles. The van der Waals surface area contributed by atoms with Gasteiger partial charge in [0.25, 0.3) is 0 Å². The number of halogens is 2. The predicted molar refractivity (Wildman–Crippen MR) is 75.3 cm³/mol. The standard InChI is InChI=1S/C16H14ClFO/c1-2-5-11-6-3-7-12(10-11)16(19)13-8-4-9-14(18)15(13)17/h3-4,6-10H,2,5H2,1H3. The Balaban J connectivity index is 2.38. The van der Waals surface area contributed by atoms with Crippen LogP contribution in [0.25, 0.3) is 0 Å². The van der Waals surface area contributed by atoms with Crippen molar-refractivity contribution in [3.63, 3.8) is 0 Å². The summed E-state index contributed by atoms with van der Waals surface area (Å²) in [7, 11) is 0. The highest BCUT2D eigenvalue weighted by Gasteiger charge is 2.15. The Morgan fingerprint density at radius 3 is 2.68 bits per heavy atom. The summed E-state index contributed by atoms with van der Waals surface area (Å²) in [5, 5.41) is -0.117. The van der Waals surface area contributed by atoms with E-state index in [1.807, 2.05) is 18.2 Å². The Labute approximate surface area is 117 Å². The SMILES string of the molecule is CCCc1cccc(C(=O)c2cccc(F)c2Cl)c1. The van der Waals surface area contributed by atoms with Crippen molar-refractivity contribution in [1.82, 2.24) is 0 Å². The molecule has 0 aromatic heterocycles. The summed E-state index contributed by atoms with van der Waals surface area (Å²) in [6, 6.07) is 11.7. The highest BCUT2D eigenvalue weighted by Crippen LogP contribution is 2.23. The smallest absolute Gasteiger partial charge is 0.194 e. The maximum absolute atomic E-state index is 13.4. The molecule has 0 heterocycles. The molecule has 0 N–H and O–H groups in total. The molecule has 0 aliphatic rings. The molecular formula is C16H14ClFO. The number of hydrogen-bond acceptors (Lipinski definition) is 1. The highest BCUT2D eigenvalue weighted by atomic mass is 35.5.